The number of aromatic nitrogens is 1. The van der Waals surface area contributed by atoms with E-state index in [4.69, 9.17) is 10.00 Å². The van der Waals surface area contributed by atoms with Gasteiger partial charge >= 0.3 is 5.97 Å². The summed E-state index contributed by atoms with van der Waals surface area (Å²) >= 11 is 0. The number of carbonyl (C=O) groups excluding carboxylic acids is 1. The molecule has 1 aromatic carbocycles. The average molecular weight is 354 g/mol. The fourth-order valence-electron chi connectivity index (χ4n) is 3.10. The molecule has 0 saturated carbocycles. The number of carbonyl (C=O) groups is 1. The number of halogens is 1. The van der Waals surface area contributed by atoms with E-state index in [2.05, 4.69) is 16.0 Å². The van der Waals surface area contributed by atoms with Gasteiger partial charge in [-0.2, -0.15) is 5.26 Å². The van der Waals surface area contributed by atoms with Gasteiger partial charge in [0.15, 0.2) is 0 Å². The van der Waals surface area contributed by atoms with Gasteiger partial charge in [-0.15, -0.1) is 0 Å². The first-order valence-electron chi connectivity index (χ1n) is 8.31. The second kappa shape index (κ2) is 7.93. The lowest BCUT2D eigenvalue weighted by Gasteiger charge is -2.38. The molecule has 134 valence electrons. The molecule has 1 aliphatic heterocycles. The molecule has 2 aromatic rings. The second-order valence-electron chi connectivity index (χ2n) is 6.02. The number of nitrogens with zero attached hydrogens (tertiary/aromatic N) is 4. The summed E-state index contributed by atoms with van der Waals surface area (Å²) in [6, 6.07) is 11.0. The standard InChI is InChI=1S/C19H19FN4O2/c1-26-19(25)18(15-3-5-16(20)6-4-15)24-10-8-23(9-11-24)17-7-2-14(12-21)13-22-17/h2-7,13,18H,8-11H2,1H3/t18-/m0/s1. The van der Waals surface area contributed by atoms with Crippen molar-refractivity contribution in [3.8, 4) is 6.07 Å². The van der Waals surface area contributed by atoms with E-state index >= 15 is 0 Å². The lowest BCUT2D eigenvalue weighted by molar-refractivity contribution is -0.147. The van der Waals surface area contributed by atoms with Crippen LogP contribution in [0.1, 0.15) is 17.2 Å². The Morgan fingerprint density at radius 2 is 1.88 bits per heavy atom. The third-order valence-corrected chi connectivity index (χ3v) is 4.49. The van der Waals surface area contributed by atoms with Crippen LogP contribution in [0.2, 0.25) is 0 Å². The van der Waals surface area contributed by atoms with Gasteiger partial charge in [0, 0.05) is 32.4 Å². The van der Waals surface area contributed by atoms with E-state index in [1.54, 1.807) is 24.4 Å². The van der Waals surface area contributed by atoms with E-state index in [9.17, 15) is 9.18 Å². The van der Waals surface area contributed by atoms with Gasteiger partial charge < -0.3 is 9.64 Å². The summed E-state index contributed by atoms with van der Waals surface area (Å²) in [7, 11) is 1.36. The molecule has 1 fully saturated rings. The predicted molar refractivity (Wildman–Crippen MR) is 93.9 cm³/mol. The molecule has 26 heavy (non-hydrogen) atoms. The van der Waals surface area contributed by atoms with E-state index in [1.807, 2.05) is 11.0 Å². The molecule has 2 heterocycles. The van der Waals surface area contributed by atoms with Crippen molar-refractivity contribution in [2.24, 2.45) is 0 Å². The summed E-state index contributed by atoms with van der Waals surface area (Å²) < 4.78 is 18.2. The van der Waals surface area contributed by atoms with Crippen molar-refractivity contribution in [3.05, 3.63) is 59.5 Å². The number of rotatable bonds is 4. The molecular formula is C19H19FN4O2. The Hall–Kier alpha value is -2.98. The molecular weight excluding hydrogens is 335 g/mol. The summed E-state index contributed by atoms with van der Waals surface area (Å²) in [5.41, 5.74) is 1.23. The molecule has 6 nitrogen and oxygen atoms in total. The smallest absolute Gasteiger partial charge is 0.327 e. The van der Waals surface area contributed by atoms with Crippen LogP contribution < -0.4 is 4.90 Å². The van der Waals surface area contributed by atoms with Gasteiger partial charge in [0.05, 0.1) is 12.7 Å². The SMILES string of the molecule is COC(=O)[C@H](c1ccc(F)cc1)N1CCN(c2ccc(C#N)cn2)CC1. The number of nitriles is 1. The zero-order chi connectivity index (χ0) is 18.5. The summed E-state index contributed by atoms with van der Waals surface area (Å²) in [6.45, 7) is 2.65. The number of hydrogen-bond donors (Lipinski definition) is 0. The van der Waals surface area contributed by atoms with Crippen molar-refractivity contribution < 1.29 is 13.9 Å². The molecule has 1 saturated heterocycles. The van der Waals surface area contributed by atoms with Gasteiger partial charge in [0.2, 0.25) is 0 Å². The number of methoxy groups -OCH3 is 1. The Morgan fingerprint density at radius 1 is 1.19 bits per heavy atom. The number of ether oxygens (including phenoxy) is 1. The number of pyridine rings is 1. The maximum Gasteiger partial charge on any atom is 0.327 e. The highest BCUT2D eigenvalue weighted by Gasteiger charge is 2.31. The van der Waals surface area contributed by atoms with Crippen molar-refractivity contribution in [1.82, 2.24) is 9.88 Å². The summed E-state index contributed by atoms with van der Waals surface area (Å²) in [4.78, 5) is 20.8. The van der Waals surface area contributed by atoms with Crippen LogP contribution in [0.3, 0.4) is 0 Å². The summed E-state index contributed by atoms with van der Waals surface area (Å²) in [6.07, 6.45) is 1.55. The number of anilines is 1. The normalized spacial score (nSPS) is 16.0. The van der Waals surface area contributed by atoms with Gasteiger partial charge in [-0.3, -0.25) is 4.90 Å². The zero-order valence-electron chi connectivity index (χ0n) is 14.4. The molecule has 1 atom stereocenters. The zero-order valence-corrected chi connectivity index (χ0v) is 14.4. The minimum atomic E-state index is -0.559. The van der Waals surface area contributed by atoms with Crippen molar-refractivity contribution in [2.45, 2.75) is 6.04 Å². The Bertz CT molecular complexity index is 794. The van der Waals surface area contributed by atoms with E-state index < -0.39 is 6.04 Å². The Morgan fingerprint density at radius 3 is 2.42 bits per heavy atom. The number of hydrogen-bond acceptors (Lipinski definition) is 6. The van der Waals surface area contributed by atoms with Crippen LogP contribution in [0.15, 0.2) is 42.6 Å². The first-order chi connectivity index (χ1) is 12.6. The maximum absolute atomic E-state index is 13.2. The summed E-state index contributed by atoms with van der Waals surface area (Å²) in [5.74, 6) is 0.107. The van der Waals surface area contributed by atoms with E-state index in [1.165, 1.54) is 19.2 Å². The fourth-order valence-corrected chi connectivity index (χ4v) is 3.10. The highest BCUT2D eigenvalue weighted by atomic mass is 19.1. The topological polar surface area (TPSA) is 69.5 Å². The Labute approximate surface area is 151 Å². The molecule has 0 bridgehead atoms. The molecule has 1 aromatic heterocycles. The Balaban J connectivity index is 1.72. The van der Waals surface area contributed by atoms with Crippen LogP contribution in [-0.2, 0) is 9.53 Å². The molecule has 0 spiro atoms. The maximum atomic E-state index is 13.2. The predicted octanol–water partition coefficient (Wildman–Crippen LogP) is 2.13. The van der Waals surface area contributed by atoms with Gasteiger partial charge in [0.1, 0.15) is 23.7 Å². The highest BCUT2D eigenvalue weighted by molar-refractivity contribution is 5.77. The summed E-state index contributed by atoms with van der Waals surface area (Å²) in [5, 5.41) is 8.86. The minimum Gasteiger partial charge on any atom is -0.468 e. The highest BCUT2D eigenvalue weighted by Crippen LogP contribution is 2.25. The molecule has 0 amide bonds. The number of benzene rings is 1. The Kier molecular flexibility index (Phi) is 5.44. The van der Waals surface area contributed by atoms with E-state index in [-0.39, 0.29) is 11.8 Å². The van der Waals surface area contributed by atoms with Crippen LogP contribution in [0.5, 0.6) is 0 Å². The molecule has 0 aliphatic carbocycles. The van der Waals surface area contributed by atoms with Crippen LogP contribution in [0, 0.1) is 17.1 Å². The fraction of sp³-hybridized carbons (Fsp3) is 0.316. The molecule has 3 rings (SSSR count). The molecule has 0 N–H and O–H groups in total. The molecule has 0 unspecified atom stereocenters. The number of piperazine rings is 1. The molecule has 1 aliphatic rings. The quantitative estimate of drug-likeness (QED) is 0.784. The van der Waals surface area contributed by atoms with Crippen molar-refractivity contribution >= 4 is 11.8 Å². The van der Waals surface area contributed by atoms with Gasteiger partial charge in [-0.25, -0.2) is 14.2 Å². The lowest BCUT2D eigenvalue weighted by atomic mass is 10.0. The van der Waals surface area contributed by atoms with E-state index in [0.717, 1.165) is 5.82 Å². The first kappa shape index (κ1) is 17.8. The monoisotopic (exact) mass is 354 g/mol. The average Bonchev–Trinajstić information content (AvgIpc) is 2.70. The largest absolute Gasteiger partial charge is 0.468 e. The van der Waals surface area contributed by atoms with Crippen LogP contribution in [-0.4, -0.2) is 49.1 Å². The van der Waals surface area contributed by atoms with Crippen molar-refractivity contribution in [2.75, 3.05) is 38.2 Å². The van der Waals surface area contributed by atoms with Crippen molar-refractivity contribution in [1.29, 1.82) is 5.26 Å². The van der Waals surface area contributed by atoms with Crippen LogP contribution >= 0.6 is 0 Å². The first-order valence-corrected chi connectivity index (χ1v) is 8.31. The van der Waals surface area contributed by atoms with E-state index in [0.29, 0.717) is 37.3 Å². The lowest BCUT2D eigenvalue weighted by Crippen LogP contribution is -2.49. The van der Waals surface area contributed by atoms with Crippen LogP contribution in [0.25, 0.3) is 0 Å². The van der Waals surface area contributed by atoms with Crippen LogP contribution in [0.4, 0.5) is 10.2 Å². The van der Waals surface area contributed by atoms with Gasteiger partial charge in [0.25, 0.3) is 0 Å². The molecule has 7 heteroatoms. The minimum absolute atomic E-state index is 0.339. The van der Waals surface area contributed by atoms with Crippen molar-refractivity contribution in [3.63, 3.8) is 0 Å². The third-order valence-electron chi connectivity index (χ3n) is 4.49. The van der Waals surface area contributed by atoms with Gasteiger partial charge in [-0.1, -0.05) is 12.1 Å². The number of esters is 1. The third kappa shape index (κ3) is 3.81. The molecule has 0 radical (unpaired) electrons. The van der Waals surface area contributed by atoms with Gasteiger partial charge in [-0.05, 0) is 29.8 Å². The second-order valence-corrected chi connectivity index (χ2v) is 6.02.